The predicted molar refractivity (Wildman–Crippen MR) is 121 cm³/mol. The first-order valence-corrected chi connectivity index (χ1v) is 11.2. The zero-order valence-electron chi connectivity index (χ0n) is 17.6. The lowest BCUT2D eigenvalue weighted by molar-refractivity contribution is -0.117. The van der Waals surface area contributed by atoms with Gasteiger partial charge in [0.2, 0.25) is 17.7 Å². The van der Waals surface area contributed by atoms with Gasteiger partial charge in [-0.1, -0.05) is 17.8 Å². The number of amides is 2. The van der Waals surface area contributed by atoms with Crippen LogP contribution in [0.4, 0.5) is 11.4 Å². The van der Waals surface area contributed by atoms with Crippen LogP contribution in [0.5, 0.6) is 0 Å². The molecule has 0 spiro atoms. The second-order valence-electron chi connectivity index (χ2n) is 7.51. The summed E-state index contributed by atoms with van der Waals surface area (Å²) < 4.78 is 5.71. The highest BCUT2D eigenvalue weighted by Crippen LogP contribution is 2.26. The molecule has 0 atom stereocenters. The molecule has 2 amide bonds. The van der Waals surface area contributed by atoms with Crippen molar-refractivity contribution < 1.29 is 14.0 Å². The molecule has 0 aliphatic carbocycles. The smallest absolute Gasteiger partial charge is 0.276 e. The average molecular weight is 437 g/mol. The predicted octanol–water partition coefficient (Wildman–Crippen LogP) is 4.60. The minimum Gasteiger partial charge on any atom is -0.411 e. The maximum Gasteiger partial charge on any atom is 0.276 e. The molecule has 1 fully saturated rings. The summed E-state index contributed by atoms with van der Waals surface area (Å²) in [7, 11) is 0. The molecule has 4 rings (SSSR count). The Morgan fingerprint density at radius 1 is 1.13 bits per heavy atom. The number of nitrogens with one attached hydrogen (secondary N) is 1. The molecule has 2 aromatic carbocycles. The van der Waals surface area contributed by atoms with Crippen molar-refractivity contribution in [1.82, 2.24) is 10.2 Å². The van der Waals surface area contributed by atoms with E-state index in [0.29, 0.717) is 35.4 Å². The Balaban J connectivity index is 1.25. The summed E-state index contributed by atoms with van der Waals surface area (Å²) in [6.07, 6.45) is 1.81. The second-order valence-corrected chi connectivity index (χ2v) is 8.56. The van der Waals surface area contributed by atoms with Crippen LogP contribution in [-0.4, -0.2) is 34.3 Å². The lowest BCUT2D eigenvalue weighted by atomic mass is 10.1. The average Bonchev–Trinajstić information content (AvgIpc) is 3.40. The van der Waals surface area contributed by atoms with E-state index in [1.165, 1.54) is 22.9 Å². The van der Waals surface area contributed by atoms with Crippen molar-refractivity contribution in [3.05, 3.63) is 53.6 Å². The van der Waals surface area contributed by atoms with E-state index in [4.69, 9.17) is 4.42 Å². The molecule has 7 nitrogen and oxygen atoms in total. The van der Waals surface area contributed by atoms with Crippen LogP contribution in [0.25, 0.3) is 11.5 Å². The van der Waals surface area contributed by atoms with Crippen molar-refractivity contribution in [3.8, 4) is 11.5 Å². The van der Waals surface area contributed by atoms with Gasteiger partial charge in [0.15, 0.2) is 0 Å². The van der Waals surface area contributed by atoms with Gasteiger partial charge in [-0.3, -0.25) is 9.59 Å². The largest absolute Gasteiger partial charge is 0.411 e. The van der Waals surface area contributed by atoms with Gasteiger partial charge >= 0.3 is 0 Å². The highest BCUT2D eigenvalue weighted by Gasteiger charge is 2.21. The molecule has 31 heavy (non-hydrogen) atoms. The summed E-state index contributed by atoms with van der Waals surface area (Å²) in [5.41, 5.74) is 4.84. The Hall–Kier alpha value is -3.13. The van der Waals surface area contributed by atoms with Gasteiger partial charge in [0, 0.05) is 42.1 Å². The number of benzene rings is 2. The van der Waals surface area contributed by atoms with Crippen LogP contribution < -0.4 is 10.2 Å². The lowest BCUT2D eigenvalue weighted by Gasteiger charge is -2.16. The zero-order valence-corrected chi connectivity index (χ0v) is 18.4. The Labute approximate surface area is 185 Å². The van der Waals surface area contributed by atoms with Gasteiger partial charge in [0.1, 0.15) is 0 Å². The molecule has 1 N–H and O–H groups in total. The number of hydrogen-bond acceptors (Lipinski definition) is 6. The van der Waals surface area contributed by atoms with Gasteiger partial charge in [-0.25, -0.2) is 0 Å². The SMILES string of the molecule is Cc1ccc(-c2nnc(SCCC(=O)Nc3ccc(N4CCCC4=O)cc3)o2)cc1C. The fraction of sp³-hybridized carbons (Fsp3) is 0.304. The fourth-order valence-corrected chi connectivity index (χ4v) is 4.06. The van der Waals surface area contributed by atoms with Crippen LogP contribution in [0.1, 0.15) is 30.4 Å². The number of thioether (sulfide) groups is 1. The van der Waals surface area contributed by atoms with E-state index in [1.54, 1.807) is 4.90 Å². The molecule has 8 heteroatoms. The van der Waals surface area contributed by atoms with E-state index in [0.717, 1.165) is 24.2 Å². The lowest BCUT2D eigenvalue weighted by Crippen LogP contribution is -2.23. The normalized spacial score (nSPS) is 13.6. The summed E-state index contributed by atoms with van der Waals surface area (Å²) in [4.78, 5) is 25.8. The maximum atomic E-state index is 12.2. The quantitative estimate of drug-likeness (QED) is 0.545. The van der Waals surface area contributed by atoms with Gasteiger partial charge in [-0.2, -0.15) is 0 Å². The van der Waals surface area contributed by atoms with Crippen LogP contribution in [0, 0.1) is 13.8 Å². The van der Waals surface area contributed by atoms with Crippen LogP contribution >= 0.6 is 11.8 Å². The minimum atomic E-state index is -0.0913. The number of rotatable bonds is 7. The van der Waals surface area contributed by atoms with Crippen molar-refractivity contribution in [2.24, 2.45) is 0 Å². The van der Waals surface area contributed by atoms with Crippen molar-refractivity contribution in [2.45, 2.75) is 38.3 Å². The maximum absolute atomic E-state index is 12.2. The second kappa shape index (κ2) is 9.34. The molecular weight excluding hydrogens is 412 g/mol. The fourth-order valence-electron chi connectivity index (χ4n) is 3.36. The van der Waals surface area contributed by atoms with E-state index in [-0.39, 0.29) is 11.8 Å². The molecule has 0 saturated carbocycles. The Morgan fingerprint density at radius 3 is 2.65 bits per heavy atom. The summed E-state index contributed by atoms with van der Waals surface area (Å²) in [6, 6.07) is 13.4. The molecule has 3 aromatic rings. The van der Waals surface area contributed by atoms with Crippen molar-refractivity contribution in [2.75, 3.05) is 22.5 Å². The third-order valence-corrected chi connectivity index (χ3v) is 6.07. The molecule has 1 saturated heterocycles. The van der Waals surface area contributed by atoms with E-state index in [1.807, 2.05) is 49.4 Å². The minimum absolute atomic E-state index is 0.0913. The first kappa shape index (κ1) is 21.1. The van der Waals surface area contributed by atoms with Gasteiger partial charge in [-0.05, 0) is 67.8 Å². The van der Waals surface area contributed by atoms with E-state index < -0.39 is 0 Å². The van der Waals surface area contributed by atoms with E-state index in [9.17, 15) is 9.59 Å². The number of hydrogen-bond donors (Lipinski definition) is 1. The van der Waals surface area contributed by atoms with Crippen LogP contribution in [0.15, 0.2) is 52.1 Å². The summed E-state index contributed by atoms with van der Waals surface area (Å²) >= 11 is 1.36. The molecule has 0 radical (unpaired) electrons. The standard InChI is InChI=1S/C23H24N4O3S/c1-15-5-6-17(14-16(15)2)22-25-26-23(30-22)31-13-11-20(28)24-18-7-9-19(10-8-18)27-12-3-4-21(27)29/h5-10,14H,3-4,11-13H2,1-2H3,(H,24,28). The molecule has 1 aromatic heterocycles. The van der Waals surface area contributed by atoms with Gasteiger partial charge in [0.25, 0.3) is 5.22 Å². The molecule has 1 aliphatic rings. The van der Waals surface area contributed by atoms with Gasteiger partial charge < -0.3 is 14.6 Å². The van der Waals surface area contributed by atoms with Gasteiger partial charge in [-0.15, -0.1) is 10.2 Å². The highest BCUT2D eigenvalue weighted by atomic mass is 32.2. The van der Waals surface area contributed by atoms with E-state index in [2.05, 4.69) is 22.4 Å². The van der Waals surface area contributed by atoms with Crippen LogP contribution in [0.2, 0.25) is 0 Å². The summed E-state index contributed by atoms with van der Waals surface area (Å²) in [6.45, 7) is 4.85. The Morgan fingerprint density at radius 2 is 1.94 bits per heavy atom. The first-order valence-electron chi connectivity index (χ1n) is 10.2. The topological polar surface area (TPSA) is 88.3 Å². The monoisotopic (exact) mass is 436 g/mol. The third-order valence-electron chi connectivity index (χ3n) is 5.25. The van der Waals surface area contributed by atoms with Crippen LogP contribution in [-0.2, 0) is 9.59 Å². The molecule has 2 heterocycles. The third kappa shape index (κ3) is 5.14. The molecule has 1 aliphatic heterocycles. The zero-order chi connectivity index (χ0) is 21.8. The first-order chi connectivity index (χ1) is 15.0. The molecule has 160 valence electrons. The van der Waals surface area contributed by atoms with Crippen molar-refractivity contribution in [1.29, 1.82) is 0 Å². The Kier molecular flexibility index (Phi) is 6.36. The Bertz CT molecular complexity index is 1090. The molecule has 0 bridgehead atoms. The molecule has 0 unspecified atom stereocenters. The summed E-state index contributed by atoms with van der Waals surface area (Å²) in [5.74, 6) is 1.06. The number of aryl methyl sites for hydroxylation is 2. The number of carbonyl (C=O) groups is 2. The number of carbonyl (C=O) groups excluding carboxylic acids is 2. The summed E-state index contributed by atoms with van der Waals surface area (Å²) in [5, 5.41) is 11.5. The molecular formula is C23H24N4O3S. The van der Waals surface area contributed by atoms with Gasteiger partial charge in [0.05, 0.1) is 0 Å². The van der Waals surface area contributed by atoms with Crippen molar-refractivity contribution >= 4 is 35.0 Å². The van der Waals surface area contributed by atoms with Crippen LogP contribution in [0.3, 0.4) is 0 Å². The van der Waals surface area contributed by atoms with Crippen molar-refractivity contribution in [3.63, 3.8) is 0 Å². The number of anilines is 2. The van der Waals surface area contributed by atoms with E-state index >= 15 is 0 Å². The number of aromatic nitrogens is 2. The highest BCUT2D eigenvalue weighted by molar-refractivity contribution is 7.99. The number of nitrogens with zero attached hydrogens (tertiary/aromatic N) is 3.